The maximum absolute atomic E-state index is 14.4. The van der Waals surface area contributed by atoms with Crippen molar-refractivity contribution in [2.24, 2.45) is 11.3 Å². The molecule has 0 radical (unpaired) electrons. The van der Waals surface area contributed by atoms with Crippen LogP contribution in [0.15, 0.2) is 30.3 Å². The van der Waals surface area contributed by atoms with E-state index < -0.39 is 5.82 Å². The van der Waals surface area contributed by atoms with Crippen molar-refractivity contribution in [2.45, 2.75) is 51.7 Å². The fraction of sp³-hybridized carbons (Fsp3) is 0.536. The molecule has 2 bridgehead atoms. The molecule has 2 aromatic carbocycles. The first-order valence-corrected chi connectivity index (χ1v) is 12.5. The highest BCUT2D eigenvalue weighted by Gasteiger charge is 2.40. The van der Waals surface area contributed by atoms with Crippen LogP contribution in [0.1, 0.15) is 50.3 Å². The van der Waals surface area contributed by atoms with Gasteiger partial charge in [0.05, 0.1) is 20.3 Å². The Morgan fingerprint density at radius 1 is 1.09 bits per heavy atom. The minimum absolute atomic E-state index is 0.0365. The van der Waals surface area contributed by atoms with Gasteiger partial charge in [-0.15, -0.1) is 0 Å². The number of piperidine rings is 3. The van der Waals surface area contributed by atoms with Gasteiger partial charge in [-0.05, 0) is 91.1 Å². The third-order valence-electron chi connectivity index (χ3n) is 8.17. The summed E-state index contributed by atoms with van der Waals surface area (Å²) in [6, 6.07) is 8.78. The van der Waals surface area contributed by atoms with Gasteiger partial charge >= 0.3 is 6.09 Å². The lowest BCUT2D eigenvalue weighted by atomic mass is 9.70. The van der Waals surface area contributed by atoms with Crippen LogP contribution in [-0.2, 0) is 11.2 Å². The van der Waals surface area contributed by atoms with Crippen LogP contribution < -0.4 is 14.8 Å². The summed E-state index contributed by atoms with van der Waals surface area (Å²) < 4.78 is 31.2. The third kappa shape index (κ3) is 4.58. The Bertz CT molecular complexity index is 1110. The van der Waals surface area contributed by atoms with E-state index >= 15 is 0 Å². The molecule has 0 aromatic heterocycles. The summed E-state index contributed by atoms with van der Waals surface area (Å²) in [6.45, 7) is 7.39. The number of ether oxygens (including phenoxy) is 3. The number of hydrogen-bond acceptors (Lipinski definition) is 5. The molecule has 1 aliphatic carbocycles. The largest absolute Gasteiger partial charge is 0.496 e. The minimum Gasteiger partial charge on any atom is -0.496 e. The van der Waals surface area contributed by atoms with Gasteiger partial charge in [-0.1, -0.05) is 19.9 Å². The molecule has 3 saturated heterocycles. The maximum Gasteiger partial charge on any atom is 0.407 e. The van der Waals surface area contributed by atoms with Crippen LogP contribution in [0.3, 0.4) is 0 Å². The van der Waals surface area contributed by atoms with Gasteiger partial charge in [0.25, 0.3) is 0 Å². The number of amides is 1. The van der Waals surface area contributed by atoms with Gasteiger partial charge < -0.3 is 19.5 Å². The van der Waals surface area contributed by atoms with Gasteiger partial charge in [0.2, 0.25) is 0 Å². The number of hydrogen-bond donors (Lipinski definition) is 1. The smallest absolute Gasteiger partial charge is 0.407 e. The van der Waals surface area contributed by atoms with Crippen LogP contribution in [0.2, 0.25) is 0 Å². The summed E-state index contributed by atoms with van der Waals surface area (Å²) in [7, 11) is 3.07. The van der Waals surface area contributed by atoms with Crippen molar-refractivity contribution in [3.05, 3.63) is 47.3 Å². The predicted octanol–water partition coefficient (Wildman–Crippen LogP) is 5.34. The van der Waals surface area contributed by atoms with Gasteiger partial charge in [-0.3, -0.25) is 4.90 Å². The van der Waals surface area contributed by atoms with Gasteiger partial charge in [0.1, 0.15) is 11.9 Å². The number of nitrogens with zero attached hydrogens (tertiary/aromatic N) is 1. The van der Waals surface area contributed by atoms with E-state index in [0.717, 1.165) is 67.6 Å². The second kappa shape index (κ2) is 9.34. The lowest BCUT2D eigenvalue weighted by molar-refractivity contribution is -0.0353. The molecule has 1 N–H and O–H groups in total. The van der Waals surface area contributed by atoms with Crippen LogP contribution in [0.4, 0.5) is 9.18 Å². The highest BCUT2D eigenvalue weighted by Crippen LogP contribution is 2.47. The van der Waals surface area contributed by atoms with E-state index in [-0.39, 0.29) is 29.4 Å². The molecule has 6 rings (SSSR count). The number of aryl methyl sites for hydroxylation is 1. The number of alkyl carbamates (subject to hydrolysis) is 1. The van der Waals surface area contributed by atoms with Crippen molar-refractivity contribution >= 4 is 6.09 Å². The number of carbonyl (C=O) groups is 1. The quantitative estimate of drug-likeness (QED) is 0.623. The standard InChI is InChI=1S/C28H35FN2O4/c1-28(2)10-7-19-13-20(18-5-6-23(33-3)22(29)14-18)24(34-4)15-21(19)26(28)30-27(32)35-25-16-31-11-8-17(25)9-12-31/h5-6,13-15,17,25-26H,7-12,16H2,1-4H3,(H,30,32)/t25-,26?/m1/s1. The predicted molar refractivity (Wildman–Crippen MR) is 132 cm³/mol. The van der Waals surface area contributed by atoms with E-state index in [9.17, 15) is 9.18 Å². The third-order valence-corrected chi connectivity index (χ3v) is 8.17. The first kappa shape index (κ1) is 23.9. The summed E-state index contributed by atoms with van der Waals surface area (Å²) in [4.78, 5) is 15.4. The van der Waals surface area contributed by atoms with E-state index in [1.165, 1.54) is 13.2 Å². The van der Waals surface area contributed by atoms with Crippen molar-refractivity contribution in [2.75, 3.05) is 33.9 Å². The Kier molecular flexibility index (Phi) is 6.38. The number of nitrogens with one attached hydrogen (secondary N) is 1. The first-order valence-electron chi connectivity index (χ1n) is 12.5. The number of halogens is 1. The lowest BCUT2D eigenvalue weighted by Gasteiger charge is -2.44. The van der Waals surface area contributed by atoms with E-state index in [1.807, 2.05) is 12.1 Å². The molecule has 3 fully saturated rings. The second-order valence-electron chi connectivity index (χ2n) is 10.7. The van der Waals surface area contributed by atoms with Gasteiger partial charge in [-0.25, -0.2) is 9.18 Å². The normalized spacial score (nSPS) is 26.5. The molecular formula is C28H35FN2O4. The highest BCUT2D eigenvalue weighted by molar-refractivity contribution is 5.74. The fourth-order valence-electron chi connectivity index (χ4n) is 5.98. The molecule has 4 aliphatic rings. The molecule has 1 unspecified atom stereocenters. The molecule has 3 aliphatic heterocycles. The molecule has 7 heteroatoms. The maximum atomic E-state index is 14.4. The zero-order valence-corrected chi connectivity index (χ0v) is 21.0. The molecule has 2 atom stereocenters. The second-order valence-corrected chi connectivity index (χ2v) is 10.7. The number of rotatable bonds is 5. The van der Waals surface area contributed by atoms with Crippen LogP contribution in [-0.4, -0.2) is 51.0 Å². The fourth-order valence-corrected chi connectivity index (χ4v) is 5.98. The van der Waals surface area contributed by atoms with Gasteiger partial charge in [0, 0.05) is 12.1 Å². The van der Waals surface area contributed by atoms with Crippen molar-refractivity contribution in [3.8, 4) is 22.6 Å². The van der Waals surface area contributed by atoms with E-state index in [2.05, 4.69) is 30.1 Å². The molecule has 0 saturated carbocycles. The van der Waals surface area contributed by atoms with Crippen molar-refractivity contribution < 1.29 is 23.4 Å². The lowest BCUT2D eigenvalue weighted by Crippen LogP contribution is -2.53. The van der Waals surface area contributed by atoms with Gasteiger partial charge in [-0.2, -0.15) is 0 Å². The number of methoxy groups -OCH3 is 2. The summed E-state index contributed by atoms with van der Waals surface area (Å²) in [5, 5.41) is 3.20. The van der Waals surface area contributed by atoms with E-state index in [0.29, 0.717) is 11.7 Å². The Hall–Kier alpha value is -2.80. The van der Waals surface area contributed by atoms with Crippen LogP contribution in [0.5, 0.6) is 11.5 Å². The zero-order chi connectivity index (χ0) is 24.7. The SMILES string of the molecule is COc1ccc(-c2cc3c(cc2OC)C(NC(=O)O[C@@H]2CN4CCC2CC4)C(C)(C)CC3)cc1F. The molecule has 35 heavy (non-hydrogen) atoms. The van der Waals surface area contributed by atoms with Crippen molar-refractivity contribution in [1.82, 2.24) is 10.2 Å². The summed E-state index contributed by atoms with van der Waals surface area (Å²) in [6.07, 6.45) is 3.59. The van der Waals surface area contributed by atoms with E-state index in [1.54, 1.807) is 13.2 Å². The summed E-state index contributed by atoms with van der Waals surface area (Å²) >= 11 is 0. The average Bonchev–Trinajstić information content (AvgIpc) is 2.85. The topological polar surface area (TPSA) is 60.0 Å². The van der Waals surface area contributed by atoms with Crippen LogP contribution in [0.25, 0.3) is 11.1 Å². The van der Waals surface area contributed by atoms with Gasteiger partial charge in [0.15, 0.2) is 11.6 Å². The number of benzene rings is 2. The van der Waals surface area contributed by atoms with Crippen LogP contribution in [0, 0.1) is 17.2 Å². The van der Waals surface area contributed by atoms with Crippen molar-refractivity contribution in [3.63, 3.8) is 0 Å². The molecule has 3 heterocycles. The monoisotopic (exact) mass is 482 g/mol. The summed E-state index contributed by atoms with van der Waals surface area (Å²) in [5.41, 5.74) is 3.55. The zero-order valence-electron chi connectivity index (χ0n) is 21.0. The number of carbonyl (C=O) groups excluding carboxylic acids is 1. The van der Waals surface area contributed by atoms with E-state index in [4.69, 9.17) is 14.2 Å². The molecule has 2 aromatic rings. The molecule has 6 nitrogen and oxygen atoms in total. The minimum atomic E-state index is -0.416. The molecule has 0 spiro atoms. The van der Waals surface area contributed by atoms with Crippen LogP contribution >= 0.6 is 0 Å². The molecular weight excluding hydrogens is 447 g/mol. The first-order chi connectivity index (χ1) is 16.8. The Balaban J connectivity index is 1.42. The average molecular weight is 483 g/mol. The number of fused-ring (bicyclic) bond motifs is 4. The summed E-state index contributed by atoms with van der Waals surface area (Å²) in [5.74, 6) is 0.896. The Morgan fingerprint density at radius 2 is 1.83 bits per heavy atom. The Morgan fingerprint density at radius 3 is 2.46 bits per heavy atom. The Labute approximate surface area is 206 Å². The molecule has 188 valence electrons. The highest BCUT2D eigenvalue weighted by atomic mass is 19.1. The molecule has 1 amide bonds. The van der Waals surface area contributed by atoms with Crippen molar-refractivity contribution in [1.29, 1.82) is 0 Å².